The van der Waals surface area contributed by atoms with Gasteiger partial charge in [-0.3, -0.25) is 4.98 Å². The molecular weight excluding hydrogens is 312 g/mol. The number of rotatable bonds is 4. The topological polar surface area (TPSA) is 58.3 Å². The van der Waals surface area contributed by atoms with Crippen molar-refractivity contribution in [2.75, 3.05) is 19.6 Å². The lowest BCUT2D eigenvalue weighted by Gasteiger charge is -2.39. The van der Waals surface area contributed by atoms with Gasteiger partial charge in [-0.2, -0.15) is 0 Å². The van der Waals surface area contributed by atoms with Crippen molar-refractivity contribution < 1.29 is 0 Å². The SMILES string of the molecule is CCNC(=NCc1ncccc1C)N1CCC(C)C(n2ccnc2)C1. The number of aliphatic imine (C=N–C) groups is 1. The Morgan fingerprint density at radius 3 is 3.00 bits per heavy atom. The minimum atomic E-state index is 0.427. The second-order valence-electron chi connectivity index (χ2n) is 6.73. The first-order valence-corrected chi connectivity index (χ1v) is 9.10. The molecule has 2 aromatic rings. The van der Waals surface area contributed by atoms with E-state index >= 15 is 0 Å². The highest BCUT2D eigenvalue weighted by atomic mass is 15.3. The average molecular weight is 340 g/mol. The van der Waals surface area contributed by atoms with E-state index in [1.54, 1.807) is 0 Å². The molecule has 2 atom stereocenters. The Hall–Kier alpha value is -2.37. The first kappa shape index (κ1) is 17.5. The van der Waals surface area contributed by atoms with Crippen LogP contribution in [0, 0.1) is 12.8 Å². The molecule has 0 aromatic carbocycles. The number of hydrogen-bond donors (Lipinski definition) is 1. The summed E-state index contributed by atoms with van der Waals surface area (Å²) in [6.07, 6.45) is 8.82. The van der Waals surface area contributed by atoms with Crippen LogP contribution in [0.1, 0.15) is 37.6 Å². The van der Waals surface area contributed by atoms with Crippen LogP contribution in [0.25, 0.3) is 0 Å². The molecule has 1 aliphatic heterocycles. The first-order valence-electron chi connectivity index (χ1n) is 9.10. The molecule has 2 unspecified atom stereocenters. The molecule has 0 aliphatic carbocycles. The number of nitrogens with zero attached hydrogens (tertiary/aromatic N) is 5. The summed E-state index contributed by atoms with van der Waals surface area (Å²) >= 11 is 0. The number of piperidine rings is 1. The maximum atomic E-state index is 4.85. The lowest BCUT2D eigenvalue weighted by atomic mass is 9.93. The Balaban J connectivity index is 1.75. The van der Waals surface area contributed by atoms with Crippen LogP contribution in [0.5, 0.6) is 0 Å². The summed E-state index contributed by atoms with van der Waals surface area (Å²) in [6, 6.07) is 4.48. The molecule has 134 valence electrons. The third-order valence-corrected chi connectivity index (χ3v) is 4.96. The molecule has 0 amide bonds. The number of likely N-dealkylation sites (tertiary alicyclic amines) is 1. The molecular formula is C19H28N6. The predicted molar refractivity (Wildman–Crippen MR) is 100 cm³/mol. The van der Waals surface area contributed by atoms with Gasteiger partial charge in [-0.25, -0.2) is 9.98 Å². The van der Waals surface area contributed by atoms with Gasteiger partial charge in [-0.15, -0.1) is 0 Å². The molecule has 0 bridgehead atoms. The largest absolute Gasteiger partial charge is 0.357 e. The number of hydrogen-bond acceptors (Lipinski definition) is 3. The van der Waals surface area contributed by atoms with Gasteiger partial charge in [0.1, 0.15) is 0 Å². The number of imidazole rings is 1. The number of aryl methyl sites for hydroxylation is 1. The van der Waals surface area contributed by atoms with Gasteiger partial charge in [0.15, 0.2) is 5.96 Å². The molecule has 1 saturated heterocycles. The first-order chi connectivity index (χ1) is 12.2. The zero-order chi connectivity index (χ0) is 17.6. The van der Waals surface area contributed by atoms with E-state index in [4.69, 9.17) is 4.99 Å². The van der Waals surface area contributed by atoms with Gasteiger partial charge in [0.05, 0.1) is 24.6 Å². The van der Waals surface area contributed by atoms with Crippen molar-refractivity contribution in [2.24, 2.45) is 10.9 Å². The molecule has 2 aromatic heterocycles. The Kier molecular flexibility index (Phi) is 5.68. The molecule has 0 saturated carbocycles. The molecule has 1 N–H and O–H groups in total. The second-order valence-corrected chi connectivity index (χ2v) is 6.73. The number of guanidine groups is 1. The van der Waals surface area contributed by atoms with Crippen LogP contribution in [-0.2, 0) is 6.54 Å². The quantitative estimate of drug-likeness (QED) is 0.687. The van der Waals surface area contributed by atoms with Crippen molar-refractivity contribution in [3.63, 3.8) is 0 Å². The van der Waals surface area contributed by atoms with E-state index in [2.05, 4.69) is 57.8 Å². The lowest BCUT2D eigenvalue weighted by Crippen LogP contribution is -2.49. The molecule has 3 rings (SSSR count). The highest BCUT2D eigenvalue weighted by molar-refractivity contribution is 5.80. The number of aromatic nitrogens is 3. The van der Waals surface area contributed by atoms with E-state index < -0.39 is 0 Å². The van der Waals surface area contributed by atoms with Gasteiger partial charge in [-0.05, 0) is 37.8 Å². The fourth-order valence-corrected chi connectivity index (χ4v) is 3.35. The van der Waals surface area contributed by atoms with Gasteiger partial charge >= 0.3 is 0 Å². The van der Waals surface area contributed by atoms with E-state index in [-0.39, 0.29) is 0 Å². The second kappa shape index (κ2) is 8.14. The van der Waals surface area contributed by atoms with E-state index in [1.807, 2.05) is 24.8 Å². The Morgan fingerprint density at radius 1 is 1.40 bits per heavy atom. The van der Waals surface area contributed by atoms with E-state index in [1.165, 1.54) is 5.56 Å². The van der Waals surface area contributed by atoms with Gasteiger partial charge < -0.3 is 14.8 Å². The maximum absolute atomic E-state index is 4.85. The number of nitrogens with one attached hydrogen (secondary N) is 1. The normalized spacial score (nSPS) is 21.4. The summed E-state index contributed by atoms with van der Waals surface area (Å²) < 4.78 is 2.23. The van der Waals surface area contributed by atoms with E-state index in [0.29, 0.717) is 18.5 Å². The third kappa shape index (κ3) is 4.18. The predicted octanol–water partition coefficient (Wildman–Crippen LogP) is 2.64. The van der Waals surface area contributed by atoms with E-state index in [9.17, 15) is 0 Å². The van der Waals surface area contributed by atoms with Crippen LogP contribution in [0.4, 0.5) is 0 Å². The fraction of sp³-hybridized carbons (Fsp3) is 0.526. The van der Waals surface area contributed by atoms with Crippen LogP contribution in [-0.4, -0.2) is 45.0 Å². The van der Waals surface area contributed by atoms with Crippen LogP contribution in [0.3, 0.4) is 0 Å². The van der Waals surface area contributed by atoms with Crippen molar-refractivity contribution in [2.45, 2.75) is 39.8 Å². The summed E-state index contributed by atoms with van der Waals surface area (Å²) in [5, 5.41) is 3.45. The van der Waals surface area contributed by atoms with Crippen LogP contribution in [0.2, 0.25) is 0 Å². The smallest absolute Gasteiger partial charge is 0.194 e. The van der Waals surface area contributed by atoms with Gasteiger partial charge in [0, 0.05) is 38.2 Å². The lowest BCUT2D eigenvalue weighted by molar-refractivity contribution is 0.189. The van der Waals surface area contributed by atoms with Crippen molar-refractivity contribution in [3.8, 4) is 0 Å². The third-order valence-electron chi connectivity index (χ3n) is 4.96. The Bertz CT molecular complexity index is 694. The zero-order valence-electron chi connectivity index (χ0n) is 15.4. The minimum absolute atomic E-state index is 0.427. The zero-order valence-corrected chi connectivity index (χ0v) is 15.4. The molecule has 25 heavy (non-hydrogen) atoms. The van der Waals surface area contributed by atoms with Gasteiger partial charge in [0.25, 0.3) is 0 Å². The molecule has 1 fully saturated rings. The summed E-state index contributed by atoms with van der Waals surface area (Å²) in [6.45, 7) is 9.97. The number of pyridine rings is 1. The Labute approximate surface area is 150 Å². The molecule has 6 nitrogen and oxygen atoms in total. The van der Waals surface area contributed by atoms with Crippen molar-refractivity contribution in [1.82, 2.24) is 24.8 Å². The average Bonchev–Trinajstić information content (AvgIpc) is 3.15. The van der Waals surface area contributed by atoms with Gasteiger partial charge in [-0.1, -0.05) is 13.0 Å². The molecule has 0 spiro atoms. The van der Waals surface area contributed by atoms with Crippen LogP contribution >= 0.6 is 0 Å². The van der Waals surface area contributed by atoms with Crippen molar-refractivity contribution >= 4 is 5.96 Å². The molecule has 3 heterocycles. The Morgan fingerprint density at radius 2 is 2.28 bits per heavy atom. The highest BCUT2D eigenvalue weighted by Crippen LogP contribution is 2.27. The summed E-state index contributed by atoms with van der Waals surface area (Å²) in [7, 11) is 0. The summed E-state index contributed by atoms with van der Waals surface area (Å²) in [5.41, 5.74) is 2.22. The minimum Gasteiger partial charge on any atom is -0.357 e. The standard InChI is InChI=1S/C19H28N6/c1-4-21-19(23-12-17-15(2)6-5-8-22-17)24-10-7-16(3)18(13-24)25-11-9-20-14-25/h5-6,8-9,11,14,16,18H,4,7,10,12-13H2,1-3H3,(H,21,23). The maximum Gasteiger partial charge on any atom is 0.194 e. The van der Waals surface area contributed by atoms with Crippen LogP contribution < -0.4 is 5.32 Å². The van der Waals surface area contributed by atoms with Crippen molar-refractivity contribution in [3.05, 3.63) is 48.3 Å². The highest BCUT2D eigenvalue weighted by Gasteiger charge is 2.28. The molecule has 1 aliphatic rings. The summed E-state index contributed by atoms with van der Waals surface area (Å²) in [4.78, 5) is 15.9. The fourth-order valence-electron chi connectivity index (χ4n) is 3.35. The van der Waals surface area contributed by atoms with Crippen molar-refractivity contribution in [1.29, 1.82) is 0 Å². The monoisotopic (exact) mass is 340 g/mol. The van der Waals surface area contributed by atoms with Crippen LogP contribution in [0.15, 0.2) is 42.0 Å². The molecule has 6 heteroatoms. The summed E-state index contributed by atoms with van der Waals surface area (Å²) in [5.74, 6) is 1.61. The molecule has 0 radical (unpaired) electrons. The van der Waals surface area contributed by atoms with E-state index in [0.717, 1.165) is 37.7 Å². The van der Waals surface area contributed by atoms with Gasteiger partial charge in [0.2, 0.25) is 0 Å².